The molecule has 3 aromatic rings. The predicted molar refractivity (Wildman–Crippen MR) is 93.6 cm³/mol. The van der Waals surface area contributed by atoms with Crippen LogP contribution in [0.4, 0.5) is 0 Å². The summed E-state index contributed by atoms with van der Waals surface area (Å²) in [4.78, 5) is 26.7. The van der Waals surface area contributed by atoms with Gasteiger partial charge in [0, 0.05) is 25.4 Å². The molecule has 9 nitrogen and oxygen atoms in total. The Morgan fingerprint density at radius 2 is 2.27 bits per heavy atom. The van der Waals surface area contributed by atoms with Crippen LogP contribution >= 0.6 is 0 Å². The Labute approximate surface area is 148 Å². The maximum Gasteiger partial charge on any atom is 0.272 e. The molecular formula is C17H20N6O3. The second kappa shape index (κ2) is 6.34. The smallest absolute Gasteiger partial charge is 0.272 e. The van der Waals surface area contributed by atoms with Gasteiger partial charge in [-0.05, 0) is 24.6 Å². The van der Waals surface area contributed by atoms with Crippen LogP contribution in [0.2, 0.25) is 0 Å². The third-order valence-electron chi connectivity index (χ3n) is 4.74. The number of aromatic amines is 2. The second-order valence-electron chi connectivity index (χ2n) is 6.40. The fraction of sp³-hybridized carbons (Fsp3) is 0.353. The third kappa shape index (κ3) is 2.66. The molecule has 1 aliphatic rings. The molecule has 4 rings (SSSR count). The summed E-state index contributed by atoms with van der Waals surface area (Å²) in [5, 5.41) is 19.1. The third-order valence-corrected chi connectivity index (χ3v) is 4.74. The molecule has 3 aromatic heterocycles. The molecule has 0 fully saturated rings. The van der Waals surface area contributed by atoms with Crippen LogP contribution in [0.1, 0.15) is 21.7 Å². The number of fused-ring (bicyclic) bond motifs is 1. The van der Waals surface area contributed by atoms with Crippen LogP contribution in [0.5, 0.6) is 0 Å². The van der Waals surface area contributed by atoms with Crippen LogP contribution in [0.3, 0.4) is 0 Å². The molecule has 0 unspecified atom stereocenters. The summed E-state index contributed by atoms with van der Waals surface area (Å²) in [6.07, 6.45) is 2.42. The van der Waals surface area contributed by atoms with Crippen LogP contribution in [-0.4, -0.2) is 53.6 Å². The van der Waals surface area contributed by atoms with Gasteiger partial charge in [0.05, 0.1) is 31.1 Å². The first kappa shape index (κ1) is 16.4. The number of aliphatic hydroxyl groups is 1. The quantitative estimate of drug-likeness (QED) is 0.615. The number of aliphatic hydroxyl groups excluding tert-OH is 1. The maximum absolute atomic E-state index is 12.8. The van der Waals surface area contributed by atoms with Crippen molar-refractivity contribution in [3.63, 3.8) is 0 Å². The van der Waals surface area contributed by atoms with Gasteiger partial charge in [-0.1, -0.05) is 0 Å². The van der Waals surface area contributed by atoms with Gasteiger partial charge in [-0.15, -0.1) is 0 Å². The minimum Gasteiger partial charge on any atom is -0.394 e. The Morgan fingerprint density at radius 3 is 3.00 bits per heavy atom. The predicted octanol–water partition coefficient (Wildman–Crippen LogP) is 0.0958. The summed E-state index contributed by atoms with van der Waals surface area (Å²) < 4.78 is 3.33. The van der Waals surface area contributed by atoms with E-state index in [4.69, 9.17) is 5.11 Å². The molecule has 0 spiro atoms. The Bertz CT molecular complexity index is 1010. The van der Waals surface area contributed by atoms with E-state index >= 15 is 0 Å². The lowest BCUT2D eigenvalue weighted by Crippen LogP contribution is -2.37. The van der Waals surface area contributed by atoms with Crippen molar-refractivity contribution >= 4 is 5.91 Å². The van der Waals surface area contributed by atoms with E-state index in [9.17, 15) is 9.59 Å². The molecule has 4 heterocycles. The maximum atomic E-state index is 12.8. The van der Waals surface area contributed by atoms with E-state index in [1.165, 1.54) is 4.68 Å². The van der Waals surface area contributed by atoms with E-state index < -0.39 is 0 Å². The summed E-state index contributed by atoms with van der Waals surface area (Å²) in [6, 6.07) is 5.60. The molecule has 26 heavy (non-hydrogen) atoms. The lowest BCUT2D eigenvalue weighted by Gasteiger charge is -2.25. The molecule has 1 amide bonds. The molecule has 0 aliphatic carbocycles. The van der Waals surface area contributed by atoms with Crippen molar-refractivity contribution < 1.29 is 9.90 Å². The summed E-state index contributed by atoms with van der Waals surface area (Å²) in [5.41, 5.74) is 3.35. The molecule has 0 radical (unpaired) electrons. The fourth-order valence-corrected chi connectivity index (χ4v) is 3.37. The zero-order valence-corrected chi connectivity index (χ0v) is 14.4. The topological polar surface area (TPSA) is 112 Å². The average Bonchev–Trinajstić information content (AvgIpc) is 3.34. The monoisotopic (exact) mass is 356 g/mol. The first-order valence-corrected chi connectivity index (χ1v) is 8.46. The van der Waals surface area contributed by atoms with Crippen LogP contribution in [0.15, 0.2) is 29.2 Å². The van der Waals surface area contributed by atoms with Crippen molar-refractivity contribution in [1.82, 2.24) is 29.4 Å². The minimum atomic E-state index is -0.153. The van der Waals surface area contributed by atoms with Gasteiger partial charge in [0.2, 0.25) is 0 Å². The number of nitrogens with one attached hydrogen (secondary N) is 2. The van der Waals surface area contributed by atoms with Gasteiger partial charge in [-0.3, -0.25) is 24.5 Å². The molecule has 9 heteroatoms. The van der Waals surface area contributed by atoms with Gasteiger partial charge < -0.3 is 14.6 Å². The van der Waals surface area contributed by atoms with Gasteiger partial charge in [0.25, 0.3) is 11.5 Å². The molecule has 0 bridgehead atoms. The van der Waals surface area contributed by atoms with E-state index in [2.05, 4.69) is 15.3 Å². The molecule has 0 aromatic carbocycles. The van der Waals surface area contributed by atoms with Crippen molar-refractivity contribution in [2.24, 2.45) is 7.05 Å². The van der Waals surface area contributed by atoms with E-state index in [0.29, 0.717) is 36.5 Å². The van der Waals surface area contributed by atoms with Crippen molar-refractivity contribution in [3.05, 3.63) is 51.7 Å². The number of hydrogen-bond acceptors (Lipinski definition) is 4. The van der Waals surface area contributed by atoms with Crippen molar-refractivity contribution in [1.29, 1.82) is 0 Å². The Hall–Kier alpha value is -3.07. The number of rotatable bonds is 4. The number of hydrogen-bond donors (Lipinski definition) is 3. The summed E-state index contributed by atoms with van der Waals surface area (Å²) in [5.74, 6) is -0.153. The van der Waals surface area contributed by atoms with E-state index in [1.54, 1.807) is 11.0 Å². The zero-order chi connectivity index (χ0) is 18.3. The molecule has 136 valence electrons. The number of H-pyrrole nitrogens is 2. The number of carbonyl (C=O) groups is 1. The molecule has 0 saturated carbocycles. The SMILES string of the molecule is Cn1cccc1-c1cc(C(=O)N2CCc3c([nH]n(CCO)c3=O)C2)[nH]n1. The Kier molecular flexibility index (Phi) is 4.00. The van der Waals surface area contributed by atoms with Crippen molar-refractivity contribution in [2.45, 2.75) is 19.5 Å². The summed E-state index contributed by atoms with van der Waals surface area (Å²) >= 11 is 0. The molecule has 0 atom stereocenters. The first-order chi connectivity index (χ1) is 12.6. The summed E-state index contributed by atoms with van der Waals surface area (Å²) in [7, 11) is 1.92. The highest BCUT2D eigenvalue weighted by molar-refractivity contribution is 5.93. The number of nitrogens with zero attached hydrogens (tertiary/aromatic N) is 4. The van der Waals surface area contributed by atoms with Gasteiger partial charge in [-0.25, -0.2) is 0 Å². The molecule has 1 aliphatic heterocycles. The number of aromatic nitrogens is 5. The molecular weight excluding hydrogens is 336 g/mol. The van der Waals surface area contributed by atoms with Gasteiger partial charge in [0.1, 0.15) is 11.4 Å². The van der Waals surface area contributed by atoms with Gasteiger partial charge in [0.15, 0.2) is 0 Å². The second-order valence-corrected chi connectivity index (χ2v) is 6.40. The van der Waals surface area contributed by atoms with E-state index in [-0.39, 0.29) is 24.6 Å². The average molecular weight is 356 g/mol. The van der Waals surface area contributed by atoms with Gasteiger partial charge >= 0.3 is 0 Å². The number of amides is 1. The Morgan fingerprint density at radius 1 is 1.42 bits per heavy atom. The highest BCUT2D eigenvalue weighted by Gasteiger charge is 2.27. The number of carbonyl (C=O) groups excluding carboxylic acids is 1. The van der Waals surface area contributed by atoms with Crippen LogP contribution in [0, 0.1) is 0 Å². The van der Waals surface area contributed by atoms with Crippen molar-refractivity contribution in [2.75, 3.05) is 13.2 Å². The van der Waals surface area contributed by atoms with Crippen molar-refractivity contribution in [3.8, 4) is 11.4 Å². The molecule has 0 saturated heterocycles. The first-order valence-electron chi connectivity index (χ1n) is 8.46. The van der Waals surface area contributed by atoms with Gasteiger partial charge in [-0.2, -0.15) is 5.10 Å². The molecule has 3 N–H and O–H groups in total. The van der Waals surface area contributed by atoms with E-state index in [0.717, 1.165) is 11.4 Å². The zero-order valence-electron chi connectivity index (χ0n) is 14.4. The van der Waals surface area contributed by atoms with Crippen LogP contribution in [-0.2, 0) is 26.6 Å². The highest BCUT2D eigenvalue weighted by Crippen LogP contribution is 2.20. The normalized spacial score (nSPS) is 13.8. The van der Waals surface area contributed by atoms with Crippen LogP contribution in [0.25, 0.3) is 11.4 Å². The largest absolute Gasteiger partial charge is 0.394 e. The van der Waals surface area contributed by atoms with Crippen LogP contribution < -0.4 is 5.56 Å². The van der Waals surface area contributed by atoms with E-state index in [1.807, 2.05) is 29.9 Å². The Balaban J connectivity index is 1.55. The highest BCUT2D eigenvalue weighted by atomic mass is 16.3. The summed E-state index contributed by atoms with van der Waals surface area (Å²) in [6.45, 7) is 0.912. The minimum absolute atomic E-state index is 0.113. The fourth-order valence-electron chi connectivity index (χ4n) is 3.37. The lowest BCUT2D eigenvalue weighted by molar-refractivity contribution is 0.0726. The standard InChI is InChI=1S/C17H20N6O3/c1-21-5-2-3-15(21)12-9-13(19-18-12)17(26)22-6-4-11-14(10-22)20-23(7-8-24)16(11)25/h2-3,5,9,20,24H,4,6-8,10H2,1H3,(H,18,19). The number of aryl methyl sites for hydroxylation is 1. The lowest BCUT2D eigenvalue weighted by atomic mass is 10.1.